The first-order valence-corrected chi connectivity index (χ1v) is 7.31. The fourth-order valence-electron chi connectivity index (χ4n) is 2.60. The third-order valence-electron chi connectivity index (χ3n) is 3.86. The summed E-state index contributed by atoms with van der Waals surface area (Å²) in [5.41, 5.74) is 0. The summed E-state index contributed by atoms with van der Waals surface area (Å²) in [4.78, 5) is 20.0. The highest BCUT2D eigenvalue weighted by atomic mass is 16.5. The molecule has 1 aromatic heterocycles. The van der Waals surface area contributed by atoms with Crippen LogP contribution < -0.4 is 15.4 Å². The highest BCUT2D eigenvalue weighted by Crippen LogP contribution is 2.38. The van der Waals surface area contributed by atoms with Crippen LogP contribution in [0.3, 0.4) is 0 Å². The van der Waals surface area contributed by atoms with Gasteiger partial charge in [-0.05, 0) is 37.7 Å². The monoisotopic (exact) mass is 292 g/mol. The summed E-state index contributed by atoms with van der Waals surface area (Å²) in [6.45, 7) is 0.716. The summed E-state index contributed by atoms with van der Waals surface area (Å²) >= 11 is 0. The first kappa shape index (κ1) is 14.1. The molecule has 7 nitrogen and oxygen atoms in total. The Kier molecular flexibility index (Phi) is 4.19. The van der Waals surface area contributed by atoms with Gasteiger partial charge in [0.2, 0.25) is 0 Å². The van der Waals surface area contributed by atoms with Gasteiger partial charge in [-0.15, -0.1) is 0 Å². The van der Waals surface area contributed by atoms with Crippen LogP contribution >= 0.6 is 0 Å². The Morgan fingerprint density at radius 1 is 1.43 bits per heavy atom. The minimum absolute atomic E-state index is 0.160. The predicted molar refractivity (Wildman–Crippen MR) is 76.2 cm³/mol. The van der Waals surface area contributed by atoms with E-state index in [1.807, 2.05) is 0 Å². The molecule has 2 heterocycles. The molecule has 2 fully saturated rings. The molecule has 2 atom stereocenters. The Morgan fingerprint density at radius 2 is 2.29 bits per heavy atom. The van der Waals surface area contributed by atoms with Gasteiger partial charge in [-0.3, -0.25) is 5.32 Å². The Hall–Kier alpha value is -1.89. The van der Waals surface area contributed by atoms with Crippen LogP contribution in [0.25, 0.3) is 0 Å². The van der Waals surface area contributed by atoms with Gasteiger partial charge in [0, 0.05) is 18.8 Å². The minimum atomic E-state index is -0.253. The molecule has 0 radical (unpaired) electrons. The molecule has 114 valence electrons. The molecule has 0 aromatic carbocycles. The number of urea groups is 1. The van der Waals surface area contributed by atoms with Crippen LogP contribution in [0.5, 0.6) is 6.01 Å². The van der Waals surface area contributed by atoms with Crippen molar-refractivity contribution < 1.29 is 14.3 Å². The average molecular weight is 292 g/mol. The maximum absolute atomic E-state index is 12.0. The first-order chi connectivity index (χ1) is 10.2. The van der Waals surface area contributed by atoms with Gasteiger partial charge in [-0.1, -0.05) is 0 Å². The number of nitrogens with one attached hydrogen (secondary N) is 2. The molecular formula is C14H20N4O3. The molecule has 1 saturated carbocycles. The lowest BCUT2D eigenvalue weighted by Gasteiger charge is -2.30. The fourth-order valence-corrected chi connectivity index (χ4v) is 2.60. The summed E-state index contributed by atoms with van der Waals surface area (Å²) in [5, 5.41) is 5.69. The van der Waals surface area contributed by atoms with Crippen molar-refractivity contribution in [2.24, 2.45) is 5.92 Å². The van der Waals surface area contributed by atoms with Crippen molar-refractivity contribution >= 4 is 11.8 Å². The smallest absolute Gasteiger partial charge is 0.320 e. The zero-order valence-electron chi connectivity index (χ0n) is 12.0. The number of anilines is 1. The quantitative estimate of drug-likeness (QED) is 0.879. The maximum atomic E-state index is 12.0. The van der Waals surface area contributed by atoms with E-state index in [0.717, 1.165) is 12.8 Å². The minimum Gasteiger partial charge on any atom is -0.467 e. The molecule has 1 aliphatic carbocycles. The van der Waals surface area contributed by atoms with Crippen molar-refractivity contribution in [3.8, 4) is 6.01 Å². The summed E-state index contributed by atoms with van der Waals surface area (Å²) in [6.07, 6.45) is 6.10. The molecule has 2 aliphatic rings. The number of rotatable bonds is 4. The topological polar surface area (TPSA) is 85.4 Å². The maximum Gasteiger partial charge on any atom is 0.320 e. The molecule has 1 saturated heterocycles. The van der Waals surface area contributed by atoms with Gasteiger partial charge in [-0.2, -0.15) is 4.98 Å². The molecule has 0 unspecified atom stereocenters. The molecule has 0 bridgehead atoms. The third kappa shape index (κ3) is 3.81. The van der Waals surface area contributed by atoms with Gasteiger partial charge in [0.1, 0.15) is 5.82 Å². The summed E-state index contributed by atoms with van der Waals surface area (Å²) in [6, 6.07) is 1.76. The summed E-state index contributed by atoms with van der Waals surface area (Å²) in [7, 11) is 1.49. The lowest BCUT2D eigenvalue weighted by molar-refractivity contribution is -0.00889. The van der Waals surface area contributed by atoms with E-state index in [1.54, 1.807) is 12.3 Å². The van der Waals surface area contributed by atoms with E-state index in [2.05, 4.69) is 20.6 Å². The van der Waals surface area contributed by atoms with E-state index < -0.39 is 0 Å². The number of hydrogen-bond donors (Lipinski definition) is 2. The molecule has 2 amide bonds. The van der Waals surface area contributed by atoms with Crippen molar-refractivity contribution in [1.29, 1.82) is 0 Å². The van der Waals surface area contributed by atoms with Crippen LogP contribution in [-0.2, 0) is 4.74 Å². The fraction of sp³-hybridized carbons (Fsp3) is 0.643. The first-order valence-electron chi connectivity index (χ1n) is 7.31. The Morgan fingerprint density at radius 3 is 3.05 bits per heavy atom. The van der Waals surface area contributed by atoms with Crippen LogP contribution in [0.4, 0.5) is 10.6 Å². The van der Waals surface area contributed by atoms with Gasteiger partial charge in [-0.25, -0.2) is 9.78 Å². The van der Waals surface area contributed by atoms with Crippen LogP contribution in [0.15, 0.2) is 12.3 Å². The lowest BCUT2D eigenvalue weighted by atomic mass is 10.0. The zero-order chi connectivity index (χ0) is 14.7. The second-order valence-electron chi connectivity index (χ2n) is 5.50. The van der Waals surface area contributed by atoms with E-state index in [1.165, 1.54) is 20.0 Å². The second kappa shape index (κ2) is 6.26. The van der Waals surface area contributed by atoms with E-state index in [-0.39, 0.29) is 18.1 Å². The normalized spacial score (nSPS) is 25.2. The number of amides is 2. The van der Waals surface area contributed by atoms with Crippen molar-refractivity contribution in [3.63, 3.8) is 0 Å². The van der Waals surface area contributed by atoms with Gasteiger partial charge in [0.15, 0.2) is 0 Å². The molecule has 7 heteroatoms. The number of ether oxygens (including phenoxy) is 2. The zero-order valence-corrected chi connectivity index (χ0v) is 12.0. The Balaban J connectivity index is 1.51. The number of nitrogens with zero attached hydrogens (tertiary/aromatic N) is 2. The van der Waals surface area contributed by atoms with Gasteiger partial charge < -0.3 is 14.8 Å². The van der Waals surface area contributed by atoms with Gasteiger partial charge in [0.25, 0.3) is 0 Å². The second-order valence-corrected chi connectivity index (χ2v) is 5.50. The molecule has 21 heavy (non-hydrogen) atoms. The predicted octanol–water partition coefficient (Wildman–Crippen LogP) is 1.56. The molecule has 1 aromatic rings. The highest BCUT2D eigenvalue weighted by molar-refractivity contribution is 5.88. The lowest BCUT2D eigenvalue weighted by Crippen LogP contribution is -2.44. The summed E-state index contributed by atoms with van der Waals surface area (Å²) in [5.74, 6) is 1.12. The molecule has 2 N–H and O–H groups in total. The van der Waals surface area contributed by atoms with Crippen molar-refractivity contribution in [2.75, 3.05) is 19.0 Å². The highest BCUT2D eigenvalue weighted by Gasteiger charge is 2.36. The van der Waals surface area contributed by atoms with Crippen LogP contribution in [0, 0.1) is 5.92 Å². The molecular weight excluding hydrogens is 272 g/mol. The van der Waals surface area contributed by atoms with Gasteiger partial charge in [0.05, 0.1) is 13.2 Å². The van der Waals surface area contributed by atoms with E-state index in [4.69, 9.17) is 9.47 Å². The van der Waals surface area contributed by atoms with E-state index >= 15 is 0 Å². The summed E-state index contributed by atoms with van der Waals surface area (Å²) < 4.78 is 10.7. The van der Waals surface area contributed by atoms with Crippen molar-refractivity contribution in [1.82, 2.24) is 15.3 Å². The third-order valence-corrected chi connectivity index (χ3v) is 3.86. The van der Waals surface area contributed by atoms with Crippen LogP contribution in [-0.4, -0.2) is 41.9 Å². The van der Waals surface area contributed by atoms with Crippen molar-refractivity contribution in [2.45, 2.75) is 37.8 Å². The number of aromatic nitrogens is 2. The molecule has 0 spiro atoms. The van der Waals surface area contributed by atoms with E-state index in [9.17, 15) is 4.79 Å². The van der Waals surface area contributed by atoms with Crippen LogP contribution in [0.2, 0.25) is 0 Å². The number of methoxy groups -OCH3 is 1. The van der Waals surface area contributed by atoms with Gasteiger partial charge >= 0.3 is 12.0 Å². The van der Waals surface area contributed by atoms with Crippen LogP contribution in [0.1, 0.15) is 25.7 Å². The number of carbonyl (C=O) groups excluding carboxylic acids is 1. The number of carbonyl (C=O) groups is 1. The Bertz CT molecular complexity index is 507. The number of hydrogen-bond acceptors (Lipinski definition) is 5. The largest absolute Gasteiger partial charge is 0.467 e. The molecule has 1 aliphatic heterocycles. The van der Waals surface area contributed by atoms with E-state index in [0.29, 0.717) is 24.4 Å². The standard InChI is InChI=1S/C14H20N4O3/c1-20-14-15-6-4-12(18-14)17-13(19)16-10-5-7-21-11(8-10)9-2-3-9/h4,6,9-11H,2-3,5,7-8H2,1H3,(H2,15,16,17,18,19)/t10-,11-/m1/s1. The molecule has 3 rings (SSSR count). The Labute approximate surface area is 123 Å². The average Bonchev–Trinajstić information content (AvgIpc) is 3.32. The van der Waals surface area contributed by atoms with Crippen molar-refractivity contribution in [3.05, 3.63) is 12.3 Å². The SMILES string of the molecule is COc1nccc(NC(=O)N[C@@H]2CCO[C@@H](C3CC3)C2)n1.